The first-order chi connectivity index (χ1) is 6.41. The van der Waals surface area contributed by atoms with Crippen molar-refractivity contribution in [2.24, 2.45) is 5.92 Å². The zero-order valence-electron chi connectivity index (χ0n) is 8.17. The Hall–Kier alpha value is -0.710. The van der Waals surface area contributed by atoms with Gasteiger partial charge in [0.05, 0.1) is 12.5 Å². The van der Waals surface area contributed by atoms with Gasteiger partial charge in [-0.3, -0.25) is 9.69 Å². The fourth-order valence-corrected chi connectivity index (χ4v) is 1.50. The molecule has 14 heavy (non-hydrogen) atoms. The minimum atomic E-state index is -2.58. The summed E-state index contributed by atoms with van der Waals surface area (Å²) in [4.78, 5) is 12.1. The van der Waals surface area contributed by atoms with Gasteiger partial charge in [0.15, 0.2) is 0 Å². The molecule has 0 spiro atoms. The quantitative estimate of drug-likeness (QED) is 0.758. The third-order valence-electron chi connectivity index (χ3n) is 2.55. The van der Waals surface area contributed by atoms with Gasteiger partial charge >= 0.3 is 5.97 Å². The largest absolute Gasteiger partial charge is 0.481 e. The number of carboxylic acids is 1. The first-order valence-electron chi connectivity index (χ1n) is 4.74. The van der Waals surface area contributed by atoms with Crippen molar-refractivity contribution in [3.05, 3.63) is 0 Å². The molecule has 1 unspecified atom stereocenters. The Kier molecular flexibility index (Phi) is 3.42. The normalized spacial score (nSPS) is 23.6. The van der Waals surface area contributed by atoms with Gasteiger partial charge in [0.1, 0.15) is 0 Å². The second-order valence-electron chi connectivity index (χ2n) is 3.91. The summed E-state index contributed by atoms with van der Waals surface area (Å²) >= 11 is 0. The van der Waals surface area contributed by atoms with Crippen molar-refractivity contribution in [3.8, 4) is 0 Å². The standard InChI is InChI=1S/C9H15F2NO2/c1-7(8(13)14)2-4-12-5-3-9(10,11)6-12/h7H,2-6H2,1H3,(H,13,14). The molecular formula is C9H15F2NO2. The summed E-state index contributed by atoms with van der Waals surface area (Å²) in [6.07, 6.45) is 0.333. The maximum Gasteiger partial charge on any atom is 0.306 e. The van der Waals surface area contributed by atoms with Crippen LogP contribution >= 0.6 is 0 Å². The van der Waals surface area contributed by atoms with Crippen LogP contribution in [0, 0.1) is 5.92 Å². The zero-order chi connectivity index (χ0) is 10.8. The van der Waals surface area contributed by atoms with Crippen molar-refractivity contribution in [2.75, 3.05) is 19.6 Å². The summed E-state index contributed by atoms with van der Waals surface area (Å²) in [7, 11) is 0. The third kappa shape index (κ3) is 3.21. The summed E-state index contributed by atoms with van der Waals surface area (Å²) in [5.41, 5.74) is 0. The van der Waals surface area contributed by atoms with Crippen LogP contribution in [0.2, 0.25) is 0 Å². The number of rotatable bonds is 4. The average Bonchev–Trinajstić information content (AvgIpc) is 2.41. The number of carboxylic acid groups (broad SMARTS) is 1. The minimum absolute atomic E-state index is 0.103. The second-order valence-corrected chi connectivity index (χ2v) is 3.91. The van der Waals surface area contributed by atoms with Gasteiger partial charge in [0.2, 0.25) is 0 Å². The molecule has 1 aliphatic heterocycles. The molecule has 0 aliphatic carbocycles. The summed E-state index contributed by atoms with van der Waals surface area (Å²) in [6, 6.07) is 0. The number of likely N-dealkylation sites (tertiary alicyclic amines) is 1. The van der Waals surface area contributed by atoms with Crippen LogP contribution in [-0.2, 0) is 4.79 Å². The zero-order valence-corrected chi connectivity index (χ0v) is 8.17. The fraction of sp³-hybridized carbons (Fsp3) is 0.889. The molecule has 0 saturated carbocycles. The summed E-state index contributed by atoms with van der Waals surface area (Å²) in [5, 5.41) is 8.59. The van der Waals surface area contributed by atoms with Gasteiger partial charge in [0.25, 0.3) is 5.92 Å². The van der Waals surface area contributed by atoms with Crippen LogP contribution in [0.15, 0.2) is 0 Å². The first kappa shape index (κ1) is 11.4. The molecule has 5 heteroatoms. The van der Waals surface area contributed by atoms with Gasteiger partial charge in [-0.2, -0.15) is 0 Å². The molecule has 1 saturated heterocycles. The molecule has 82 valence electrons. The van der Waals surface area contributed by atoms with Crippen LogP contribution in [0.5, 0.6) is 0 Å². The van der Waals surface area contributed by atoms with Crippen LogP contribution in [0.4, 0.5) is 8.78 Å². The molecule has 1 heterocycles. The Morgan fingerprint density at radius 1 is 1.64 bits per heavy atom. The molecule has 0 radical (unpaired) electrons. The van der Waals surface area contributed by atoms with Crippen molar-refractivity contribution in [1.29, 1.82) is 0 Å². The van der Waals surface area contributed by atoms with Crippen molar-refractivity contribution in [2.45, 2.75) is 25.7 Å². The average molecular weight is 207 g/mol. The maximum absolute atomic E-state index is 12.7. The lowest BCUT2D eigenvalue weighted by molar-refractivity contribution is -0.141. The predicted octanol–water partition coefficient (Wildman–Crippen LogP) is 1.44. The number of hydrogen-bond acceptors (Lipinski definition) is 2. The summed E-state index contributed by atoms with van der Waals surface area (Å²) < 4.78 is 25.4. The number of aliphatic carboxylic acids is 1. The van der Waals surface area contributed by atoms with Crippen LogP contribution in [-0.4, -0.2) is 41.5 Å². The Morgan fingerprint density at radius 2 is 2.29 bits per heavy atom. The molecule has 0 aromatic rings. The monoisotopic (exact) mass is 207 g/mol. The van der Waals surface area contributed by atoms with Crippen molar-refractivity contribution in [3.63, 3.8) is 0 Å². The molecule has 0 amide bonds. The Bertz CT molecular complexity index is 221. The topological polar surface area (TPSA) is 40.5 Å². The van der Waals surface area contributed by atoms with E-state index in [4.69, 9.17) is 5.11 Å². The van der Waals surface area contributed by atoms with Gasteiger partial charge in [0, 0.05) is 13.0 Å². The maximum atomic E-state index is 12.7. The van der Waals surface area contributed by atoms with Crippen molar-refractivity contribution >= 4 is 5.97 Å². The van der Waals surface area contributed by atoms with Crippen molar-refractivity contribution in [1.82, 2.24) is 4.90 Å². The van der Waals surface area contributed by atoms with E-state index in [0.29, 0.717) is 19.5 Å². The summed E-state index contributed by atoms with van der Waals surface area (Å²) in [6.45, 7) is 2.19. The number of hydrogen-bond donors (Lipinski definition) is 1. The van der Waals surface area contributed by atoms with E-state index in [1.807, 2.05) is 0 Å². The SMILES string of the molecule is CC(CCN1CCC(F)(F)C1)C(=O)O. The van der Waals surface area contributed by atoms with Gasteiger partial charge in [-0.1, -0.05) is 6.92 Å². The number of carbonyl (C=O) groups is 1. The van der Waals surface area contributed by atoms with E-state index in [-0.39, 0.29) is 13.0 Å². The van der Waals surface area contributed by atoms with Crippen LogP contribution < -0.4 is 0 Å². The smallest absolute Gasteiger partial charge is 0.306 e. The van der Waals surface area contributed by atoms with E-state index in [0.717, 1.165) is 0 Å². The van der Waals surface area contributed by atoms with E-state index in [1.165, 1.54) is 0 Å². The predicted molar refractivity (Wildman–Crippen MR) is 47.4 cm³/mol. The molecule has 0 bridgehead atoms. The van der Waals surface area contributed by atoms with Crippen LogP contribution in [0.3, 0.4) is 0 Å². The molecular weight excluding hydrogens is 192 g/mol. The van der Waals surface area contributed by atoms with Gasteiger partial charge in [-0.25, -0.2) is 8.78 Å². The molecule has 3 nitrogen and oxygen atoms in total. The first-order valence-corrected chi connectivity index (χ1v) is 4.74. The third-order valence-corrected chi connectivity index (χ3v) is 2.55. The van der Waals surface area contributed by atoms with E-state index in [2.05, 4.69) is 0 Å². The molecule has 1 rings (SSSR count). The van der Waals surface area contributed by atoms with Gasteiger partial charge in [-0.05, 0) is 13.0 Å². The Morgan fingerprint density at radius 3 is 2.71 bits per heavy atom. The lowest BCUT2D eigenvalue weighted by atomic mass is 10.1. The molecule has 1 fully saturated rings. The van der Waals surface area contributed by atoms with Crippen LogP contribution in [0.25, 0.3) is 0 Å². The minimum Gasteiger partial charge on any atom is -0.481 e. The number of halogens is 2. The highest BCUT2D eigenvalue weighted by molar-refractivity contribution is 5.69. The molecule has 0 aromatic carbocycles. The van der Waals surface area contributed by atoms with E-state index >= 15 is 0 Å². The lowest BCUT2D eigenvalue weighted by Crippen LogP contribution is -2.28. The Labute approximate surface area is 81.7 Å². The van der Waals surface area contributed by atoms with Gasteiger partial charge < -0.3 is 5.11 Å². The number of nitrogens with zero attached hydrogens (tertiary/aromatic N) is 1. The molecule has 0 aromatic heterocycles. The van der Waals surface area contributed by atoms with Crippen LogP contribution in [0.1, 0.15) is 19.8 Å². The Balaban J connectivity index is 2.24. The van der Waals surface area contributed by atoms with E-state index < -0.39 is 17.8 Å². The highest BCUT2D eigenvalue weighted by Crippen LogP contribution is 2.26. The highest BCUT2D eigenvalue weighted by atomic mass is 19.3. The second kappa shape index (κ2) is 4.21. The fourth-order valence-electron chi connectivity index (χ4n) is 1.50. The lowest BCUT2D eigenvalue weighted by Gasteiger charge is -2.16. The number of alkyl halides is 2. The molecule has 1 atom stereocenters. The summed E-state index contributed by atoms with van der Waals surface area (Å²) in [5.74, 6) is -3.90. The molecule has 1 aliphatic rings. The van der Waals surface area contributed by atoms with Crippen molar-refractivity contribution < 1.29 is 18.7 Å². The highest BCUT2D eigenvalue weighted by Gasteiger charge is 2.37. The van der Waals surface area contributed by atoms with Gasteiger partial charge in [-0.15, -0.1) is 0 Å². The van der Waals surface area contributed by atoms with E-state index in [1.54, 1.807) is 11.8 Å². The molecule has 1 N–H and O–H groups in total. The van der Waals surface area contributed by atoms with E-state index in [9.17, 15) is 13.6 Å².